The van der Waals surface area contributed by atoms with E-state index in [1.165, 1.54) is 30.7 Å². The van der Waals surface area contributed by atoms with Gasteiger partial charge < -0.3 is 20.5 Å². The molecule has 0 spiro atoms. The maximum atomic E-state index is 14.5. The zero-order chi connectivity index (χ0) is 23.2. The Balaban J connectivity index is 0.00000324. The number of aromatic nitrogens is 3. The van der Waals surface area contributed by atoms with E-state index < -0.39 is 24.1 Å². The molecule has 0 aliphatic carbocycles. The number of aliphatic hydroxyl groups is 1. The minimum Gasteiger partial charge on any atom is -0.473 e. The highest BCUT2D eigenvalue weighted by molar-refractivity contribution is 6.03. The summed E-state index contributed by atoms with van der Waals surface area (Å²) in [5.41, 5.74) is -0.303. The third kappa shape index (κ3) is 5.82. The smallest absolute Gasteiger partial charge is 0.274 e. The van der Waals surface area contributed by atoms with E-state index >= 15 is 0 Å². The molecule has 0 radical (unpaired) electrons. The lowest BCUT2D eigenvalue weighted by atomic mass is 10.0. The number of carbonyl (C=O) groups excluding carboxylic acids is 1. The summed E-state index contributed by atoms with van der Waals surface area (Å²) in [6.07, 6.45) is 5.28. The van der Waals surface area contributed by atoms with Crippen molar-refractivity contribution < 1.29 is 23.4 Å². The summed E-state index contributed by atoms with van der Waals surface area (Å²) >= 11 is 0. The lowest BCUT2D eigenvalue weighted by Gasteiger charge is -2.18. The van der Waals surface area contributed by atoms with E-state index in [0.29, 0.717) is 0 Å². The van der Waals surface area contributed by atoms with Crippen LogP contribution < -0.4 is 15.4 Å². The minimum absolute atomic E-state index is 0. The van der Waals surface area contributed by atoms with E-state index in [4.69, 9.17) is 4.74 Å². The molecule has 34 heavy (non-hydrogen) atoms. The summed E-state index contributed by atoms with van der Waals surface area (Å²) in [5.74, 6) is -2.01. The van der Waals surface area contributed by atoms with E-state index in [0.717, 1.165) is 44.5 Å². The molecule has 1 fully saturated rings. The molecule has 3 aromatic rings. The SMILES string of the molecule is Cl.O=C(Nc1cncnc1OC1CCCNCC1)c1ccc(F)c(-c2c(F)cccc2CO)n1. The summed E-state index contributed by atoms with van der Waals surface area (Å²) in [6, 6.07) is 6.22. The van der Waals surface area contributed by atoms with Gasteiger partial charge in [-0.05, 0) is 56.1 Å². The van der Waals surface area contributed by atoms with Crippen LogP contribution in [0.15, 0.2) is 42.9 Å². The summed E-state index contributed by atoms with van der Waals surface area (Å²) in [7, 11) is 0. The van der Waals surface area contributed by atoms with E-state index in [1.807, 2.05) is 0 Å². The number of pyridine rings is 1. The number of rotatable bonds is 6. The number of hydrogen-bond acceptors (Lipinski definition) is 7. The first-order valence-electron chi connectivity index (χ1n) is 10.6. The molecule has 3 heterocycles. The molecule has 1 saturated heterocycles. The predicted octanol–water partition coefficient (Wildman–Crippen LogP) is 3.50. The Kier molecular flexibility index (Phi) is 8.80. The molecule has 1 unspecified atom stereocenters. The Hall–Kier alpha value is -3.21. The molecule has 0 bridgehead atoms. The van der Waals surface area contributed by atoms with Crippen molar-refractivity contribution >= 4 is 24.0 Å². The van der Waals surface area contributed by atoms with Crippen LogP contribution >= 0.6 is 12.4 Å². The zero-order valence-electron chi connectivity index (χ0n) is 18.1. The Morgan fingerprint density at radius 1 is 1.18 bits per heavy atom. The fraction of sp³-hybridized carbons (Fsp3) is 0.304. The molecule has 8 nitrogen and oxygen atoms in total. The molecule has 1 atom stereocenters. The maximum absolute atomic E-state index is 14.5. The number of ether oxygens (including phenoxy) is 1. The molecular formula is C23H24ClF2N5O3. The van der Waals surface area contributed by atoms with Gasteiger partial charge in [0.2, 0.25) is 5.88 Å². The van der Waals surface area contributed by atoms with Crippen LogP contribution in [0.1, 0.15) is 35.3 Å². The van der Waals surface area contributed by atoms with Crippen LogP contribution in [0.4, 0.5) is 14.5 Å². The van der Waals surface area contributed by atoms with Crippen LogP contribution in [-0.2, 0) is 6.61 Å². The number of nitrogens with one attached hydrogen (secondary N) is 2. The number of carbonyl (C=O) groups is 1. The second-order valence-electron chi connectivity index (χ2n) is 7.58. The van der Waals surface area contributed by atoms with Crippen molar-refractivity contribution in [3.05, 3.63) is 65.7 Å². The van der Waals surface area contributed by atoms with Gasteiger partial charge >= 0.3 is 0 Å². The highest BCUT2D eigenvalue weighted by Crippen LogP contribution is 2.29. The van der Waals surface area contributed by atoms with Crippen LogP contribution in [0.5, 0.6) is 5.88 Å². The third-order valence-corrected chi connectivity index (χ3v) is 5.31. The number of nitrogens with zero attached hydrogens (tertiary/aromatic N) is 3. The van der Waals surface area contributed by atoms with Crippen molar-refractivity contribution in [2.45, 2.75) is 32.0 Å². The molecule has 1 aromatic carbocycles. The van der Waals surface area contributed by atoms with Crippen molar-refractivity contribution in [2.75, 3.05) is 18.4 Å². The highest BCUT2D eigenvalue weighted by Gasteiger charge is 2.21. The average molecular weight is 492 g/mol. The van der Waals surface area contributed by atoms with Crippen LogP contribution in [-0.4, -0.2) is 45.2 Å². The van der Waals surface area contributed by atoms with Gasteiger partial charge in [-0.1, -0.05) is 12.1 Å². The van der Waals surface area contributed by atoms with Gasteiger partial charge in [0.15, 0.2) is 0 Å². The van der Waals surface area contributed by atoms with Crippen LogP contribution in [0.2, 0.25) is 0 Å². The van der Waals surface area contributed by atoms with Crippen molar-refractivity contribution in [1.29, 1.82) is 0 Å². The normalized spacial score (nSPS) is 15.7. The number of amides is 1. The van der Waals surface area contributed by atoms with Gasteiger partial charge in [-0.3, -0.25) is 4.79 Å². The fourth-order valence-corrected chi connectivity index (χ4v) is 3.66. The molecule has 1 aliphatic rings. The van der Waals surface area contributed by atoms with Gasteiger partial charge in [-0.25, -0.2) is 18.7 Å². The standard InChI is InChI=1S/C23H23F2N5O3.ClH/c24-16-5-1-3-14(12-31)20(16)21-17(25)6-7-18(29-21)22(32)30-19-11-27-13-28-23(19)33-15-4-2-9-26-10-8-15;/h1,3,5-7,11,13,15,26,31H,2,4,8-10,12H2,(H,30,32);1H. The summed E-state index contributed by atoms with van der Waals surface area (Å²) < 4.78 is 34.9. The second kappa shape index (κ2) is 11.8. The van der Waals surface area contributed by atoms with Crippen molar-refractivity contribution in [2.24, 2.45) is 0 Å². The second-order valence-corrected chi connectivity index (χ2v) is 7.58. The Morgan fingerprint density at radius 3 is 2.85 bits per heavy atom. The Morgan fingerprint density at radius 2 is 2.03 bits per heavy atom. The first-order chi connectivity index (χ1) is 16.1. The van der Waals surface area contributed by atoms with E-state index in [2.05, 4.69) is 25.6 Å². The first-order valence-corrected chi connectivity index (χ1v) is 10.6. The van der Waals surface area contributed by atoms with Crippen molar-refractivity contribution in [1.82, 2.24) is 20.3 Å². The predicted molar refractivity (Wildman–Crippen MR) is 124 cm³/mol. The number of anilines is 1. The van der Waals surface area contributed by atoms with Gasteiger partial charge in [-0.2, -0.15) is 4.98 Å². The molecular weight excluding hydrogens is 468 g/mol. The first kappa shape index (κ1) is 25.4. The zero-order valence-corrected chi connectivity index (χ0v) is 18.9. The average Bonchev–Trinajstić information content (AvgIpc) is 3.09. The van der Waals surface area contributed by atoms with Crippen LogP contribution in [0.3, 0.4) is 0 Å². The summed E-state index contributed by atoms with van der Waals surface area (Å²) in [6.45, 7) is 1.24. The number of aliphatic hydroxyl groups excluding tert-OH is 1. The van der Waals surface area contributed by atoms with Crippen molar-refractivity contribution in [3.8, 4) is 17.1 Å². The Labute approximate surface area is 201 Å². The summed E-state index contributed by atoms with van der Waals surface area (Å²) in [5, 5.41) is 15.5. The number of hydrogen-bond donors (Lipinski definition) is 3. The van der Waals surface area contributed by atoms with Gasteiger partial charge in [0.1, 0.15) is 41.1 Å². The third-order valence-electron chi connectivity index (χ3n) is 5.31. The highest BCUT2D eigenvalue weighted by atomic mass is 35.5. The molecule has 11 heteroatoms. The molecule has 180 valence electrons. The molecule has 2 aromatic heterocycles. The van der Waals surface area contributed by atoms with E-state index in [9.17, 15) is 18.7 Å². The molecule has 4 rings (SSSR count). The van der Waals surface area contributed by atoms with Crippen molar-refractivity contribution in [3.63, 3.8) is 0 Å². The van der Waals surface area contributed by atoms with Gasteiger partial charge in [-0.15, -0.1) is 12.4 Å². The van der Waals surface area contributed by atoms with Crippen LogP contribution in [0.25, 0.3) is 11.3 Å². The maximum Gasteiger partial charge on any atom is 0.274 e. The lowest BCUT2D eigenvalue weighted by Crippen LogP contribution is -2.21. The van der Waals surface area contributed by atoms with E-state index in [-0.39, 0.29) is 52.6 Å². The minimum atomic E-state index is -0.819. The monoisotopic (exact) mass is 491 g/mol. The molecule has 3 N–H and O–H groups in total. The molecule has 1 amide bonds. The Bertz CT molecular complexity index is 1140. The lowest BCUT2D eigenvalue weighted by molar-refractivity contribution is 0.102. The van der Waals surface area contributed by atoms with Gasteiger partial charge in [0.25, 0.3) is 5.91 Å². The van der Waals surface area contributed by atoms with Gasteiger partial charge in [0.05, 0.1) is 12.8 Å². The number of benzene rings is 1. The summed E-state index contributed by atoms with van der Waals surface area (Å²) in [4.78, 5) is 25.0. The molecule has 1 aliphatic heterocycles. The van der Waals surface area contributed by atoms with Crippen LogP contribution in [0, 0.1) is 11.6 Å². The number of halogens is 3. The molecule has 0 saturated carbocycles. The van der Waals surface area contributed by atoms with E-state index in [1.54, 1.807) is 0 Å². The fourth-order valence-electron chi connectivity index (χ4n) is 3.66. The quantitative estimate of drug-likeness (QED) is 0.484. The van der Waals surface area contributed by atoms with Gasteiger partial charge in [0, 0.05) is 5.56 Å². The topological polar surface area (TPSA) is 109 Å². The largest absolute Gasteiger partial charge is 0.473 e.